The average molecular weight is 229 g/mol. The molecule has 0 fully saturated rings. The first kappa shape index (κ1) is 10.1. The zero-order chi connectivity index (χ0) is 10.8. The summed E-state index contributed by atoms with van der Waals surface area (Å²) in [5, 5.41) is 7.88. The van der Waals surface area contributed by atoms with Gasteiger partial charge < -0.3 is 5.32 Å². The van der Waals surface area contributed by atoms with Gasteiger partial charge in [-0.1, -0.05) is 24.3 Å². The summed E-state index contributed by atoms with van der Waals surface area (Å²) < 4.78 is 0. The van der Waals surface area contributed by atoms with E-state index < -0.39 is 0 Å². The summed E-state index contributed by atoms with van der Waals surface area (Å²) in [4.78, 5) is 0. The fourth-order valence-corrected chi connectivity index (χ4v) is 3.00. The third-order valence-corrected chi connectivity index (χ3v) is 3.99. The van der Waals surface area contributed by atoms with Crippen molar-refractivity contribution in [3.05, 3.63) is 57.8 Å². The van der Waals surface area contributed by atoms with Gasteiger partial charge in [0.05, 0.1) is 0 Å². The molecule has 0 bridgehead atoms. The van der Waals surface area contributed by atoms with Crippen molar-refractivity contribution in [2.24, 2.45) is 0 Å². The predicted molar refractivity (Wildman–Crippen MR) is 68.9 cm³/mol. The maximum absolute atomic E-state index is 3.54. The van der Waals surface area contributed by atoms with Crippen LogP contribution in [-0.4, -0.2) is 6.54 Å². The van der Waals surface area contributed by atoms with E-state index >= 15 is 0 Å². The molecule has 1 unspecified atom stereocenters. The standard InChI is InChI=1S/C14H15NS/c1-2-4-14-12(3-1)7-13(14)9-15-8-11-5-6-16-10-11/h1-6,10,13,15H,7-9H2. The molecule has 0 radical (unpaired) electrons. The van der Waals surface area contributed by atoms with Gasteiger partial charge in [-0.05, 0) is 39.9 Å². The summed E-state index contributed by atoms with van der Waals surface area (Å²) >= 11 is 1.77. The van der Waals surface area contributed by atoms with Crippen molar-refractivity contribution < 1.29 is 0 Å². The number of rotatable bonds is 4. The highest BCUT2D eigenvalue weighted by molar-refractivity contribution is 7.07. The lowest BCUT2D eigenvalue weighted by Crippen LogP contribution is -2.28. The third-order valence-electron chi connectivity index (χ3n) is 3.26. The van der Waals surface area contributed by atoms with E-state index in [-0.39, 0.29) is 0 Å². The first-order valence-corrected chi connectivity index (χ1v) is 6.67. The maximum atomic E-state index is 3.54. The molecule has 0 amide bonds. The number of nitrogens with one attached hydrogen (secondary N) is 1. The normalized spacial score (nSPS) is 17.9. The molecule has 2 heteroatoms. The van der Waals surface area contributed by atoms with E-state index in [9.17, 15) is 0 Å². The minimum absolute atomic E-state index is 0.731. The van der Waals surface area contributed by atoms with Crippen molar-refractivity contribution in [3.8, 4) is 0 Å². The van der Waals surface area contributed by atoms with Crippen LogP contribution in [0.1, 0.15) is 22.6 Å². The highest BCUT2D eigenvalue weighted by Gasteiger charge is 2.24. The van der Waals surface area contributed by atoms with Crippen LogP contribution in [0.15, 0.2) is 41.1 Å². The third kappa shape index (κ3) is 1.91. The molecule has 1 nitrogen and oxygen atoms in total. The lowest BCUT2D eigenvalue weighted by Gasteiger charge is -2.30. The second kappa shape index (κ2) is 4.40. The van der Waals surface area contributed by atoms with Crippen molar-refractivity contribution in [2.75, 3.05) is 6.54 Å². The predicted octanol–water partition coefficient (Wildman–Crippen LogP) is 3.18. The van der Waals surface area contributed by atoms with E-state index in [4.69, 9.17) is 0 Å². The largest absolute Gasteiger partial charge is 0.312 e. The zero-order valence-electron chi connectivity index (χ0n) is 9.15. The Morgan fingerprint density at radius 3 is 3.00 bits per heavy atom. The topological polar surface area (TPSA) is 12.0 Å². The Hall–Kier alpha value is -1.12. The first-order valence-electron chi connectivity index (χ1n) is 5.73. The van der Waals surface area contributed by atoms with Crippen LogP contribution in [0.25, 0.3) is 0 Å². The summed E-state index contributed by atoms with van der Waals surface area (Å²) in [7, 11) is 0. The molecule has 1 aromatic carbocycles. The summed E-state index contributed by atoms with van der Waals surface area (Å²) in [6, 6.07) is 11.0. The Labute approximate surface area is 100 Å². The molecule has 1 aliphatic rings. The van der Waals surface area contributed by atoms with Crippen molar-refractivity contribution in [3.63, 3.8) is 0 Å². The summed E-state index contributed by atoms with van der Waals surface area (Å²) in [6.45, 7) is 2.11. The summed E-state index contributed by atoms with van der Waals surface area (Å²) in [5.74, 6) is 0.731. The molecule has 1 aromatic heterocycles. The van der Waals surface area contributed by atoms with Gasteiger partial charge >= 0.3 is 0 Å². The van der Waals surface area contributed by atoms with E-state index in [1.807, 2.05) is 0 Å². The molecule has 1 aliphatic carbocycles. The van der Waals surface area contributed by atoms with Crippen LogP contribution in [0.5, 0.6) is 0 Å². The van der Waals surface area contributed by atoms with Crippen LogP contribution in [0.3, 0.4) is 0 Å². The smallest absolute Gasteiger partial charge is 0.0213 e. The Kier molecular flexibility index (Phi) is 2.77. The molecule has 0 saturated carbocycles. The Balaban J connectivity index is 1.52. The van der Waals surface area contributed by atoms with E-state index in [1.165, 1.54) is 17.5 Å². The minimum atomic E-state index is 0.731. The van der Waals surface area contributed by atoms with Crippen LogP contribution in [0, 0.1) is 0 Å². The lowest BCUT2D eigenvalue weighted by molar-refractivity contribution is 0.536. The summed E-state index contributed by atoms with van der Waals surface area (Å²) in [5.41, 5.74) is 4.47. The van der Waals surface area contributed by atoms with Crippen LogP contribution in [0.2, 0.25) is 0 Å². The summed E-state index contributed by atoms with van der Waals surface area (Å²) in [6.07, 6.45) is 1.24. The Morgan fingerprint density at radius 1 is 1.25 bits per heavy atom. The van der Waals surface area contributed by atoms with E-state index in [2.05, 4.69) is 46.4 Å². The first-order chi connectivity index (χ1) is 7.93. The lowest BCUT2D eigenvalue weighted by atomic mass is 9.77. The number of benzene rings is 1. The molecule has 0 aliphatic heterocycles. The van der Waals surface area contributed by atoms with Crippen LogP contribution < -0.4 is 5.32 Å². The molecular weight excluding hydrogens is 214 g/mol. The minimum Gasteiger partial charge on any atom is -0.312 e. The van der Waals surface area contributed by atoms with Gasteiger partial charge in [-0.3, -0.25) is 0 Å². The van der Waals surface area contributed by atoms with Gasteiger partial charge in [-0.2, -0.15) is 11.3 Å². The van der Waals surface area contributed by atoms with Gasteiger partial charge in [0.25, 0.3) is 0 Å². The fourth-order valence-electron chi connectivity index (χ4n) is 2.33. The van der Waals surface area contributed by atoms with Gasteiger partial charge in [-0.25, -0.2) is 0 Å². The molecule has 82 valence electrons. The van der Waals surface area contributed by atoms with E-state index in [0.717, 1.165) is 19.0 Å². The van der Waals surface area contributed by atoms with Crippen LogP contribution in [-0.2, 0) is 13.0 Å². The maximum Gasteiger partial charge on any atom is 0.0213 e. The monoisotopic (exact) mass is 229 g/mol. The Bertz CT molecular complexity index is 461. The fraction of sp³-hybridized carbons (Fsp3) is 0.286. The molecule has 0 spiro atoms. The molecule has 16 heavy (non-hydrogen) atoms. The Morgan fingerprint density at radius 2 is 2.19 bits per heavy atom. The van der Waals surface area contributed by atoms with Crippen molar-refractivity contribution in [1.82, 2.24) is 5.32 Å². The molecule has 2 aromatic rings. The van der Waals surface area contributed by atoms with Crippen LogP contribution >= 0.6 is 11.3 Å². The number of hydrogen-bond acceptors (Lipinski definition) is 2. The van der Waals surface area contributed by atoms with Crippen molar-refractivity contribution in [1.29, 1.82) is 0 Å². The molecule has 3 rings (SSSR count). The number of hydrogen-bond donors (Lipinski definition) is 1. The van der Waals surface area contributed by atoms with Crippen LogP contribution in [0.4, 0.5) is 0 Å². The average Bonchev–Trinajstić information content (AvgIpc) is 2.77. The quantitative estimate of drug-likeness (QED) is 0.849. The second-order valence-electron chi connectivity index (χ2n) is 4.36. The van der Waals surface area contributed by atoms with Gasteiger partial charge in [0, 0.05) is 19.0 Å². The van der Waals surface area contributed by atoms with E-state index in [0.29, 0.717) is 0 Å². The second-order valence-corrected chi connectivity index (χ2v) is 5.14. The molecule has 1 atom stereocenters. The number of thiophene rings is 1. The van der Waals surface area contributed by atoms with E-state index in [1.54, 1.807) is 16.9 Å². The van der Waals surface area contributed by atoms with Gasteiger partial charge in [0.1, 0.15) is 0 Å². The highest BCUT2D eigenvalue weighted by Crippen LogP contribution is 2.33. The SMILES string of the molecule is c1ccc2c(c1)CC2CNCc1ccsc1. The van der Waals surface area contributed by atoms with Gasteiger partial charge in [0.15, 0.2) is 0 Å². The molecule has 1 heterocycles. The molecular formula is C14H15NS. The number of fused-ring (bicyclic) bond motifs is 1. The zero-order valence-corrected chi connectivity index (χ0v) is 9.96. The van der Waals surface area contributed by atoms with Crippen molar-refractivity contribution >= 4 is 11.3 Å². The van der Waals surface area contributed by atoms with Gasteiger partial charge in [0.2, 0.25) is 0 Å². The molecule has 0 saturated heterocycles. The van der Waals surface area contributed by atoms with Gasteiger partial charge in [-0.15, -0.1) is 0 Å². The molecule has 1 N–H and O–H groups in total. The van der Waals surface area contributed by atoms with Crippen molar-refractivity contribution in [2.45, 2.75) is 18.9 Å². The highest BCUT2D eigenvalue weighted by atomic mass is 32.1.